The number of hydrogen-bond acceptors (Lipinski definition) is 4. The minimum Gasteiger partial charge on any atom is -0.475 e. The van der Waals surface area contributed by atoms with E-state index in [4.69, 9.17) is 14.6 Å². The van der Waals surface area contributed by atoms with Crippen LogP contribution in [0.25, 0.3) is 0 Å². The van der Waals surface area contributed by atoms with Crippen LogP contribution >= 0.6 is 0 Å². The minimum atomic E-state index is -5.08. The summed E-state index contributed by atoms with van der Waals surface area (Å²) in [6.07, 6.45) is -0.759. The first kappa shape index (κ1) is 24.4. The van der Waals surface area contributed by atoms with Gasteiger partial charge in [-0.2, -0.15) is 13.2 Å². The first-order valence-corrected chi connectivity index (χ1v) is 10.8. The Morgan fingerprint density at radius 2 is 1.69 bits per heavy atom. The van der Waals surface area contributed by atoms with Crippen LogP contribution in [0.1, 0.15) is 31.2 Å². The molecule has 3 heterocycles. The molecular weight excluding hydrogens is 432 g/mol. The summed E-state index contributed by atoms with van der Waals surface area (Å²) in [4.78, 5) is 26.3. The molecule has 10 heteroatoms. The van der Waals surface area contributed by atoms with E-state index in [1.807, 2.05) is 12.1 Å². The number of carboxylic acid groups (broad SMARTS) is 1. The number of carboxylic acids is 1. The fourth-order valence-electron chi connectivity index (χ4n) is 4.65. The van der Waals surface area contributed by atoms with Gasteiger partial charge in [0.1, 0.15) is 5.82 Å². The average Bonchev–Trinajstić information content (AvgIpc) is 3.29. The van der Waals surface area contributed by atoms with Gasteiger partial charge < -0.3 is 14.7 Å². The van der Waals surface area contributed by atoms with E-state index in [-0.39, 0.29) is 23.8 Å². The Bertz CT molecular complexity index is 781. The minimum absolute atomic E-state index is 0.105. The molecule has 3 atom stereocenters. The van der Waals surface area contributed by atoms with Crippen molar-refractivity contribution in [3.63, 3.8) is 0 Å². The summed E-state index contributed by atoms with van der Waals surface area (Å²) in [6, 6.07) is 6.74. The molecule has 3 aliphatic heterocycles. The number of halogens is 4. The number of hydrogen-bond donors (Lipinski definition) is 1. The predicted molar refractivity (Wildman–Crippen MR) is 107 cm³/mol. The highest BCUT2D eigenvalue weighted by molar-refractivity contribution is 5.79. The van der Waals surface area contributed by atoms with Crippen molar-refractivity contribution in [3.05, 3.63) is 35.6 Å². The molecule has 0 spiro atoms. The maximum atomic E-state index is 13.1. The van der Waals surface area contributed by atoms with E-state index in [2.05, 4.69) is 9.80 Å². The molecule has 1 aromatic rings. The van der Waals surface area contributed by atoms with Crippen molar-refractivity contribution in [1.29, 1.82) is 0 Å². The number of amides is 1. The van der Waals surface area contributed by atoms with Gasteiger partial charge in [0.15, 0.2) is 0 Å². The van der Waals surface area contributed by atoms with Crippen LogP contribution < -0.4 is 0 Å². The van der Waals surface area contributed by atoms with Crippen LogP contribution in [-0.2, 0) is 20.9 Å². The Morgan fingerprint density at radius 3 is 2.28 bits per heavy atom. The van der Waals surface area contributed by atoms with E-state index in [9.17, 15) is 22.4 Å². The zero-order valence-electron chi connectivity index (χ0n) is 17.7. The number of carbonyl (C=O) groups excluding carboxylic acids is 1. The van der Waals surface area contributed by atoms with Gasteiger partial charge in [-0.3, -0.25) is 9.69 Å². The second-order valence-electron chi connectivity index (χ2n) is 8.45. The van der Waals surface area contributed by atoms with Crippen molar-refractivity contribution in [3.8, 4) is 0 Å². The molecule has 3 saturated heterocycles. The third-order valence-corrected chi connectivity index (χ3v) is 6.25. The lowest BCUT2D eigenvalue weighted by Gasteiger charge is -2.45. The summed E-state index contributed by atoms with van der Waals surface area (Å²) < 4.78 is 50.8. The summed E-state index contributed by atoms with van der Waals surface area (Å²) in [5, 5.41) is 7.12. The van der Waals surface area contributed by atoms with Gasteiger partial charge in [0.2, 0.25) is 5.91 Å². The third-order valence-electron chi connectivity index (χ3n) is 6.25. The van der Waals surface area contributed by atoms with Crippen LogP contribution in [0.4, 0.5) is 17.6 Å². The molecule has 0 aliphatic carbocycles. The molecule has 1 N–H and O–H groups in total. The Kier molecular flexibility index (Phi) is 8.10. The second-order valence-corrected chi connectivity index (χ2v) is 8.45. The molecule has 3 fully saturated rings. The lowest BCUT2D eigenvalue weighted by molar-refractivity contribution is -0.192. The summed E-state index contributed by atoms with van der Waals surface area (Å²) >= 11 is 0. The molecule has 178 valence electrons. The zero-order chi connectivity index (χ0) is 23.3. The molecule has 32 heavy (non-hydrogen) atoms. The maximum absolute atomic E-state index is 13.1. The van der Waals surface area contributed by atoms with Gasteiger partial charge in [-0.05, 0) is 43.4 Å². The molecule has 1 aromatic carbocycles. The number of carbonyl (C=O) groups is 2. The number of fused-ring (bicyclic) bond motifs is 1. The number of benzene rings is 1. The van der Waals surface area contributed by atoms with Crippen molar-refractivity contribution in [1.82, 2.24) is 9.80 Å². The van der Waals surface area contributed by atoms with Crippen molar-refractivity contribution >= 4 is 11.9 Å². The van der Waals surface area contributed by atoms with Crippen LogP contribution in [0.2, 0.25) is 0 Å². The Balaban J connectivity index is 0.000000360. The van der Waals surface area contributed by atoms with Crippen molar-refractivity contribution in [2.45, 2.75) is 44.5 Å². The molecule has 1 amide bonds. The summed E-state index contributed by atoms with van der Waals surface area (Å²) in [7, 11) is 0. The van der Waals surface area contributed by atoms with E-state index in [0.717, 1.165) is 64.0 Å². The zero-order valence-corrected chi connectivity index (χ0v) is 17.7. The van der Waals surface area contributed by atoms with E-state index in [1.165, 1.54) is 12.1 Å². The normalized spacial score (nSPS) is 26.1. The molecule has 4 rings (SSSR count). The van der Waals surface area contributed by atoms with Crippen molar-refractivity contribution in [2.75, 3.05) is 32.8 Å². The van der Waals surface area contributed by atoms with Crippen molar-refractivity contribution in [2.24, 2.45) is 11.8 Å². The van der Waals surface area contributed by atoms with Crippen LogP contribution in [0.5, 0.6) is 0 Å². The first-order valence-electron chi connectivity index (χ1n) is 10.8. The van der Waals surface area contributed by atoms with Gasteiger partial charge in [-0.1, -0.05) is 12.1 Å². The Morgan fingerprint density at radius 1 is 1.06 bits per heavy atom. The molecular formula is C22H28F4N2O4. The molecule has 0 saturated carbocycles. The fraction of sp³-hybridized carbons (Fsp3) is 0.636. The van der Waals surface area contributed by atoms with E-state index >= 15 is 0 Å². The van der Waals surface area contributed by atoms with Crippen LogP contribution in [-0.4, -0.2) is 71.8 Å². The fourth-order valence-corrected chi connectivity index (χ4v) is 4.65. The SMILES string of the molecule is O=C(O)C(F)(F)F.O=C([C@@H]1CCO[C@@H]2CCN(Cc3ccc(F)cc3)C[C@H]21)N1CCCC1. The van der Waals surface area contributed by atoms with Gasteiger partial charge in [-0.15, -0.1) is 0 Å². The maximum Gasteiger partial charge on any atom is 0.490 e. The predicted octanol–water partition coefficient (Wildman–Crippen LogP) is 3.31. The van der Waals surface area contributed by atoms with E-state index in [1.54, 1.807) is 0 Å². The van der Waals surface area contributed by atoms with Crippen LogP contribution in [0.3, 0.4) is 0 Å². The molecule has 6 nitrogen and oxygen atoms in total. The summed E-state index contributed by atoms with van der Waals surface area (Å²) in [5.74, 6) is -2.21. The highest BCUT2D eigenvalue weighted by Crippen LogP contribution is 2.35. The van der Waals surface area contributed by atoms with Gasteiger partial charge in [-0.25, -0.2) is 9.18 Å². The first-order chi connectivity index (χ1) is 15.1. The number of likely N-dealkylation sites (tertiary alicyclic amines) is 2. The lowest BCUT2D eigenvalue weighted by Crippen LogP contribution is -2.53. The third kappa shape index (κ3) is 6.41. The van der Waals surface area contributed by atoms with Gasteiger partial charge in [0, 0.05) is 51.2 Å². The van der Waals surface area contributed by atoms with E-state index < -0.39 is 12.1 Å². The second kappa shape index (κ2) is 10.6. The molecule has 0 bridgehead atoms. The average molecular weight is 460 g/mol. The van der Waals surface area contributed by atoms with Gasteiger partial charge in [0.05, 0.1) is 6.10 Å². The van der Waals surface area contributed by atoms with Crippen LogP contribution in [0, 0.1) is 17.7 Å². The molecule has 0 aromatic heterocycles. The monoisotopic (exact) mass is 460 g/mol. The van der Waals surface area contributed by atoms with E-state index in [0.29, 0.717) is 12.5 Å². The standard InChI is InChI=1S/C20H27FN2O2.C2HF3O2/c21-16-5-3-15(4-6-16)13-22-11-7-19-18(14-22)17(8-12-25-19)20(24)23-9-1-2-10-23;3-2(4,5)1(6)7/h3-6,17-19H,1-2,7-14H2;(H,6,7)/t17-,18+,19-;/m1./s1. The summed E-state index contributed by atoms with van der Waals surface area (Å²) in [6.45, 7) is 5.24. The van der Waals surface area contributed by atoms with Crippen LogP contribution in [0.15, 0.2) is 24.3 Å². The smallest absolute Gasteiger partial charge is 0.475 e. The van der Waals surface area contributed by atoms with Gasteiger partial charge in [0.25, 0.3) is 0 Å². The topological polar surface area (TPSA) is 70.1 Å². The quantitative estimate of drug-likeness (QED) is 0.701. The number of piperidine rings is 1. The molecule has 0 radical (unpaired) electrons. The Hall–Kier alpha value is -2.20. The molecule has 0 unspecified atom stereocenters. The summed E-state index contributed by atoms with van der Waals surface area (Å²) in [5.41, 5.74) is 1.12. The number of nitrogens with zero attached hydrogens (tertiary/aromatic N) is 2. The highest BCUT2D eigenvalue weighted by atomic mass is 19.4. The lowest BCUT2D eigenvalue weighted by atomic mass is 9.78. The number of aliphatic carboxylic acids is 1. The van der Waals surface area contributed by atoms with Gasteiger partial charge >= 0.3 is 12.1 Å². The highest BCUT2D eigenvalue weighted by Gasteiger charge is 2.43. The number of alkyl halides is 3. The number of rotatable bonds is 3. The van der Waals surface area contributed by atoms with Crippen molar-refractivity contribution < 1.29 is 37.0 Å². The Labute approximate surface area is 184 Å². The largest absolute Gasteiger partial charge is 0.490 e. The number of ether oxygens (including phenoxy) is 1. The molecule has 3 aliphatic rings.